The van der Waals surface area contributed by atoms with Crippen LogP contribution in [0, 0.1) is 17.0 Å². The number of ether oxygens (including phenoxy) is 2. The van der Waals surface area contributed by atoms with E-state index in [1.807, 2.05) is 0 Å². The molecule has 1 N–H and O–H groups in total. The van der Waals surface area contributed by atoms with E-state index in [4.69, 9.17) is 18.5 Å². The fraction of sp³-hybridized carbons (Fsp3) is 0.412. The normalized spacial score (nSPS) is 23.5. The van der Waals surface area contributed by atoms with Crippen molar-refractivity contribution in [3.05, 3.63) is 52.3 Å². The van der Waals surface area contributed by atoms with Crippen molar-refractivity contribution in [1.29, 1.82) is 0 Å². The number of hydrogen-bond donors (Lipinski definition) is 1. The summed E-state index contributed by atoms with van der Waals surface area (Å²) in [6.45, 7) is 2.25. The standard InChI is InChI=1S/C17H19N3O10S/c1-10-3-5-12(6-4-10)31(25,26)27-9-13-14(22)15(28-11(2)21)16(29-13)30-19-8-7-18-17(19)20(23)24/h3-8,13-16,22H,9H2,1-2H3/t13-,14-,15+,16+/m1/s1. The number of carbonyl (C=O) groups is 1. The zero-order valence-electron chi connectivity index (χ0n) is 16.4. The molecule has 0 bridgehead atoms. The molecule has 31 heavy (non-hydrogen) atoms. The lowest BCUT2D eigenvalue weighted by Crippen LogP contribution is -2.41. The van der Waals surface area contributed by atoms with Gasteiger partial charge >= 0.3 is 11.9 Å². The van der Waals surface area contributed by atoms with Gasteiger partial charge in [0, 0.05) is 6.92 Å². The first-order valence-electron chi connectivity index (χ1n) is 8.90. The molecule has 0 aliphatic carbocycles. The van der Waals surface area contributed by atoms with Crippen LogP contribution in [0.5, 0.6) is 0 Å². The van der Waals surface area contributed by atoms with Crippen LogP contribution < -0.4 is 4.84 Å². The van der Waals surface area contributed by atoms with Gasteiger partial charge < -0.3 is 29.5 Å². The van der Waals surface area contributed by atoms with Crippen LogP contribution >= 0.6 is 0 Å². The number of aliphatic hydroxyl groups is 1. The summed E-state index contributed by atoms with van der Waals surface area (Å²) in [5.74, 6) is -1.46. The van der Waals surface area contributed by atoms with E-state index < -0.39 is 58.2 Å². The molecule has 0 saturated carbocycles. The zero-order chi connectivity index (χ0) is 22.8. The summed E-state index contributed by atoms with van der Waals surface area (Å²) < 4.78 is 40.8. The Bertz CT molecular complexity index is 1050. The lowest BCUT2D eigenvalue weighted by molar-refractivity contribution is -0.404. The third-order valence-corrected chi connectivity index (χ3v) is 5.56. The van der Waals surface area contributed by atoms with Crippen LogP contribution in [0.3, 0.4) is 0 Å². The van der Waals surface area contributed by atoms with Gasteiger partial charge in [-0.15, -0.1) is 0 Å². The third-order valence-electron chi connectivity index (χ3n) is 4.26. The Kier molecular flexibility index (Phi) is 6.54. The second-order valence-corrected chi connectivity index (χ2v) is 8.19. The van der Waals surface area contributed by atoms with E-state index in [0.29, 0.717) is 4.73 Å². The van der Waals surface area contributed by atoms with Crippen molar-refractivity contribution in [3.8, 4) is 0 Å². The van der Waals surface area contributed by atoms with Gasteiger partial charge in [-0.1, -0.05) is 22.7 Å². The van der Waals surface area contributed by atoms with E-state index in [0.717, 1.165) is 24.9 Å². The van der Waals surface area contributed by atoms with Crippen LogP contribution in [0.2, 0.25) is 0 Å². The number of aliphatic hydroxyl groups excluding tert-OH is 1. The van der Waals surface area contributed by atoms with Crippen LogP contribution in [-0.2, 0) is 28.6 Å². The van der Waals surface area contributed by atoms with E-state index >= 15 is 0 Å². The molecular formula is C17H19N3O10S. The SMILES string of the molecule is CC(=O)O[C@@H]1[C@H](On2ccnc2[N+](=O)[O-])O[C@H](COS(=O)(=O)c2ccc(C)cc2)[C@H]1O. The molecule has 168 valence electrons. The van der Waals surface area contributed by atoms with Gasteiger partial charge in [0.15, 0.2) is 6.10 Å². The first kappa shape index (κ1) is 22.6. The second kappa shape index (κ2) is 8.97. The molecule has 1 aromatic heterocycles. The van der Waals surface area contributed by atoms with Crippen molar-refractivity contribution in [2.45, 2.75) is 43.3 Å². The van der Waals surface area contributed by atoms with Crippen LogP contribution in [0.1, 0.15) is 12.5 Å². The number of hydrogen-bond acceptors (Lipinski definition) is 11. The summed E-state index contributed by atoms with van der Waals surface area (Å²) in [6, 6.07) is 5.91. The van der Waals surface area contributed by atoms with Crippen LogP contribution in [0.15, 0.2) is 41.6 Å². The number of nitro groups is 1. The van der Waals surface area contributed by atoms with Crippen LogP contribution in [0.25, 0.3) is 0 Å². The summed E-state index contributed by atoms with van der Waals surface area (Å²) in [6.07, 6.45) is -3.51. The van der Waals surface area contributed by atoms with Crippen molar-refractivity contribution in [3.63, 3.8) is 0 Å². The Morgan fingerprint density at radius 1 is 1.35 bits per heavy atom. The van der Waals surface area contributed by atoms with Gasteiger partial charge in [0.2, 0.25) is 0 Å². The molecule has 0 spiro atoms. The number of aryl methyl sites for hydroxylation is 1. The van der Waals surface area contributed by atoms with E-state index in [1.54, 1.807) is 19.1 Å². The molecule has 1 aliphatic rings. The number of aromatic nitrogens is 2. The number of imidazole rings is 1. The maximum absolute atomic E-state index is 12.4. The van der Waals surface area contributed by atoms with E-state index in [9.17, 15) is 28.4 Å². The molecule has 13 nitrogen and oxygen atoms in total. The zero-order valence-corrected chi connectivity index (χ0v) is 17.2. The molecule has 4 atom stereocenters. The highest BCUT2D eigenvalue weighted by Crippen LogP contribution is 2.26. The fourth-order valence-corrected chi connectivity index (χ4v) is 3.70. The summed E-state index contributed by atoms with van der Waals surface area (Å²) >= 11 is 0. The molecule has 2 aromatic rings. The van der Waals surface area contributed by atoms with Crippen molar-refractivity contribution < 1.29 is 41.7 Å². The first-order chi connectivity index (χ1) is 14.6. The van der Waals surface area contributed by atoms with Gasteiger partial charge in [-0.3, -0.25) is 8.98 Å². The topological polar surface area (TPSA) is 169 Å². The molecule has 14 heteroatoms. The van der Waals surface area contributed by atoms with E-state index in [1.165, 1.54) is 12.1 Å². The highest BCUT2D eigenvalue weighted by atomic mass is 32.2. The van der Waals surface area contributed by atoms with Crippen molar-refractivity contribution in [2.75, 3.05) is 6.61 Å². The van der Waals surface area contributed by atoms with Gasteiger partial charge in [-0.05, 0) is 28.7 Å². The maximum Gasteiger partial charge on any atom is 0.471 e. The average molecular weight is 457 g/mol. The molecule has 2 heterocycles. The van der Waals surface area contributed by atoms with Crippen LogP contribution in [0.4, 0.5) is 5.95 Å². The Balaban J connectivity index is 1.74. The lowest BCUT2D eigenvalue weighted by atomic mass is 10.1. The molecule has 0 amide bonds. The summed E-state index contributed by atoms with van der Waals surface area (Å²) in [7, 11) is -4.16. The Labute approximate surface area is 176 Å². The highest BCUT2D eigenvalue weighted by molar-refractivity contribution is 7.86. The quantitative estimate of drug-likeness (QED) is 0.244. The molecule has 1 aromatic carbocycles. The number of esters is 1. The largest absolute Gasteiger partial charge is 0.471 e. The van der Waals surface area contributed by atoms with Gasteiger partial charge in [-0.25, -0.2) is 0 Å². The number of carbonyl (C=O) groups excluding carboxylic acids is 1. The minimum atomic E-state index is -4.16. The number of rotatable bonds is 8. The summed E-state index contributed by atoms with van der Waals surface area (Å²) in [5.41, 5.74) is 0.853. The average Bonchev–Trinajstić information content (AvgIpc) is 3.27. The first-order valence-corrected chi connectivity index (χ1v) is 10.3. The van der Waals surface area contributed by atoms with E-state index in [-0.39, 0.29) is 4.90 Å². The highest BCUT2D eigenvalue weighted by Gasteiger charge is 2.49. The Morgan fingerprint density at radius 2 is 2.03 bits per heavy atom. The van der Waals surface area contributed by atoms with Gasteiger partial charge in [0.05, 0.1) is 11.5 Å². The lowest BCUT2D eigenvalue weighted by Gasteiger charge is -2.18. The summed E-state index contributed by atoms with van der Waals surface area (Å²) in [5, 5.41) is 21.5. The maximum atomic E-state index is 12.4. The predicted octanol–water partition coefficient (Wildman–Crippen LogP) is -0.0487. The van der Waals surface area contributed by atoms with Crippen molar-refractivity contribution >= 4 is 22.0 Å². The third kappa shape index (κ3) is 5.16. The summed E-state index contributed by atoms with van der Waals surface area (Å²) in [4.78, 5) is 30.3. The Hall–Kier alpha value is -3.07. The van der Waals surface area contributed by atoms with Gasteiger partial charge in [0.25, 0.3) is 16.4 Å². The number of nitrogens with zero attached hydrogens (tertiary/aromatic N) is 3. The smallest absolute Gasteiger partial charge is 0.453 e. The number of benzene rings is 1. The van der Waals surface area contributed by atoms with E-state index in [2.05, 4.69) is 4.98 Å². The molecule has 1 aliphatic heterocycles. The fourth-order valence-electron chi connectivity index (χ4n) is 2.78. The molecule has 0 radical (unpaired) electrons. The van der Waals surface area contributed by atoms with Gasteiger partial charge in [-0.2, -0.15) is 8.42 Å². The van der Waals surface area contributed by atoms with Gasteiger partial charge in [0.1, 0.15) is 24.6 Å². The minimum absolute atomic E-state index is 0.0936. The molecule has 1 fully saturated rings. The molecule has 1 saturated heterocycles. The molecular weight excluding hydrogens is 438 g/mol. The minimum Gasteiger partial charge on any atom is -0.453 e. The Morgan fingerprint density at radius 3 is 2.65 bits per heavy atom. The monoisotopic (exact) mass is 457 g/mol. The predicted molar refractivity (Wildman–Crippen MR) is 100 cm³/mol. The molecule has 0 unspecified atom stereocenters. The van der Waals surface area contributed by atoms with Crippen molar-refractivity contribution in [2.24, 2.45) is 0 Å². The van der Waals surface area contributed by atoms with Crippen LogP contribution in [-0.4, -0.2) is 65.3 Å². The van der Waals surface area contributed by atoms with Crippen molar-refractivity contribution in [1.82, 2.24) is 9.71 Å². The second-order valence-electron chi connectivity index (χ2n) is 6.57. The molecule has 3 rings (SSSR count).